The monoisotopic (exact) mass is 237 g/mol. The van der Waals surface area contributed by atoms with E-state index in [9.17, 15) is 5.11 Å². The van der Waals surface area contributed by atoms with Crippen molar-refractivity contribution >= 4 is 11.8 Å². The van der Waals surface area contributed by atoms with Gasteiger partial charge < -0.3 is 10.4 Å². The number of hydrogen-bond acceptors (Lipinski definition) is 3. The second kappa shape index (κ2) is 5.60. The summed E-state index contributed by atoms with van der Waals surface area (Å²) < 4.78 is 0. The minimum absolute atomic E-state index is 0.463. The van der Waals surface area contributed by atoms with Crippen molar-refractivity contribution < 1.29 is 5.11 Å². The van der Waals surface area contributed by atoms with Crippen LogP contribution in [0, 0.1) is 5.92 Å². The van der Waals surface area contributed by atoms with E-state index in [0.29, 0.717) is 5.75 Å². The fourth-order valence-electron chi connectivity index (χ4n) is 2.32. The third kappa shape index (κ3) is 2.71. The molecule has 1 heterocycles. The smallest absolute Gasteiger partial charge is 0.119 e. The molecule has 1 aliphatic rings. The summed E-state index contributed by atoms with van der Waals surface area (Å²) in [4.78, 5) is 1.22. The van der Waals surface area contributed by atoms with Crippen LogP contribution in [0.1, 0.15) is 18.4 Å². The van der Waals surface area contributed by atoms with Crippen LogP contribution >= 0.6 is 11.8 Å². The first-order chi connectivity index (χ1) is 7.81. The third-order valence-electron chi connectivity index (χ3n) is 3.28. The molecule has 88 valence electrons. The van der Waals surface area contributed by atoms with E-state index in [0.717, 1.165) is 31.0 Å². The number of rotatable bonds is 3. The van der Waals surface area contributed by atoms with Crippen LogP contribution in [0.4, 0.5) is 0 Å². The zero-order chi connectivity index (χ0) is 11.4. The molecule has 0 atom stereocenters. The zero-order valence-corrected chi connectivity index (χ0v) is 10.5. The fraction of sp³-hybridized carbons (Fsp3) is 0.538. The van der Waals surface area contributed by atoms with Gasteiger partial charge in [0.15, 0.2) is 0 Å². The van der Waals surface area contributed by atoms with Crippen molar-refractivity contribution in [3.63, 3.8) is 0 Å². The van der Waals surface area contributed by atoms with Gasteiger partial charge in [0.05, 0.1) is 0 Å². The van der Waals surface area contributed by atoms with E-state index >= 15 is 0 Å². The van der Waals surface area contributed by atoms with Gasteiger partial charge in [-0.15, -0.1) is 11.8 Å². The third-order valence-corrected chi connectivity index (χ3v) is 4.10. The normalized spacial score (nSPS) is 17.6. The molecule has 2 rings (SSSR count). The molecule has 1 aromatic rings. The van der Waals surface area contributed by atoms with Gasteiger partial charge in [-0.2, -0.15) is 0 Å². The fourth-order valence-corrected chi connectivity index (χ4v) is 2.97. The lowest BCUT2D eigenvalue weighted by Gasteiger charge is -2.23. The maximum absolute atomic E-state index is 9.92. The summed E-state index contributed by atoms with van der Waals surface area (Å²) in [5, 5.41) is 13.3. The number of phenolic OH excluding ortho intramolecular Hbond substituents is 1. The Morgan fingerprint density at radius 2 is 2.12 bits per heavy atom. The number of aromatic hydroxyl groups is 1. The van der Waals surface area contributed by atoms with E-state index in [1.54, 1.807) is 17.8 Å². The molecule has 1 aromatic carbocycles. The number of nitrogens with one attached hydrogen (secondary N) is 1. The molecule has 2 nitrogen and oxygen atoms in total. The Morgan fingerprint density at radius 3 is 2.81 bits per heavy atom. The Balaban J connectivity index is 2.12. The molecule has 0 aromatic heterocycles. The molecule has 16 heavy (non-hydrogen) atoms. The molecule has 1 fully saturated rings. The molecule has 0 aliphatic carbocycles. The van der Waals surface area contributed by atoms with Crippen molar-refractivity contribution in [3.8, 4) is 5.75 Å². The Labute approximate surface area is 101 Å². The summed E-state index contributed by atoms with van der Waals surface area (Å²) in [7, 11) is 0. The molecule has 1 aliphatic heterocycles. The number of hydrogen-bond donors (Lipinski definition) is 2. The summed E-state index contributed by atoms with van der Waals surface area (Å²) in [5.41, 5.74) is 1.14. The molecule has 0 amide bonds. The van der Waals surface area contributed by atoms with Gasteiger partial charge in [0.25, 0.3) is 0 Å². The lowest BCUT2D eigenvalue weighted by Crippen LogP contribution is -2.28. The zero-order valence-electron chi connectivity index (χ0n) is 9.70. The van der Waals surface area contributed by atoms with Crippen LogP contribution in [0.3, 0.4) is 0 Å². The van der Waals surface area contributed by atoms with Crippen LogP contribution in [0.5, 0.6) is 5.75 Å². The quantitative estimate of drug-likeness (QED) is 0.793. The van der Waals surface area contributed by atoms with Gasteiger partial charge in [-0.1, -0.05) is 6.07 Å². The van der Waals surface area contributed by atoms with E-state index in [4.69, 9.17) is 0 Å². The van der Waals surface area contributed by atoms with Crippen LogP contribution in [-0.4, -0.2) is 24.5 Å². The Kier molecular flexibility index (Phi) is 4.13. The molecule has 2 N–H and O–H groups in total. The van der Waals surface area contributed by atoms with Crippen molar-refractivity contribution in [1.29, 1.82) is 0 Å². The van der Waals surface area contributed by atoms with Crippen molar-refractivity contribution in [2.45, 2.75) is 24.2 Å². The van der Waals surface area contributed by atoms with Crippen LogP contribution in [0.2, 0.25) is 0 Å². The second-order valence-electron chi connectivity index (χ2n) is 4.36. The Hall–Kier alpha value is -0.670. The number of piperidine rings is 1. The molecule has 0 radical (unpaired) electrons. The molecular formula is C13H19NOS. The topological polar surface area (TPSA) is 32.3 Å². The SMILES string of the molecule is CSc1cccc(O)c1CC1CCNCC1. The largest absolute Gasteiger partial charge is 0.508 e. The van der Waals surface area contributed by atoms with E-state index in [-0.39, 0.29) is 0 Å². The van der Waals surface area contributed by atoms with Crippen molar-refractivity contribution in [1.82, 2.24) is 5.32 Å². The van der Waals surface area contributed by atoms with E-state index < -0.39 is 0 Å². The number of benzene rings is 1. The molecule has 0 spiro atoms. The van der Waals surface area contributed by atoms with Gasteiger partial charge in [-0.25, -0.2) is 0 Å². The Morgan fingerprint density at radius 1 is 1.38 bits per heavy atom. The molecule has 1 saturated heterocycles. The standard InChI is InChI=1S/C13H19NOS/c1-16-13-4-2-3-12(15)11(13)9-10-5-7-14-8-6-10/h2-4,10,14-15H,5-9H2,1H3. The highest BCUT2D eigenvalue weighted by Gasteiger charge is 2.17. The van der Waals surface area contributed by atoms with Gasteiger partial charge in [0.1, 0.15) is 5.75 Å². The average molecular weight is 237 g/mol. The predicted octanol–water partition coefficient (Wildman–Crippen LogP) is 2.66. The summed E-state index contributed by atoms with van der Waals surface area (Å²) in [6.07, 6.45) is 5.54. The van der Waals surface area contributed by atoms with E-state index in [1.165, 1.54) is 17.7 Å². The number of thioether (sulfide) groups is 1. The van der Waals surface area contributed by atoms with Crippen molar-refractivity contribution in [2.24, 2.45) is 5.92 Å². The Bertz CT molecular complexity index is 348. The highest BCUT2D eigenvalue weighted by molar-refractivity contribution is 7.98. The molecule has 3 heteroatoms. The number of phenols is 1. The van der Waals surface area contributed by atoms with Crippen LogP contribution < -0.4 is 5.32 Å². The minimum Gasteiger partial charge on any atom is -0.508 e. The highest BCUT2D eigenvalue weighted by Crippen LogP contribution is 2.31. The first kappa shape index (κ1) is 11.8. The van der Waals surface area contributed by atoms with Crippen LogP contribution in [0.25, 0.3) is 0 Å². The maximum Gasteiger partial charge on any atom is 0.119 e. The lowest BCUT2D eigenvalue weighted by atomic mass is 9.90. The lowest BCUT2D eigenvalue weighted by molar-refractivity contribution is 0.364. The van der Waals surface area contributed by atoms with Crippen molar-refractivity contribution in [3.05, 3.63) is 23.8 Å². The second-order valence-corrected chi connectivity index (χ2v) is 5.20. The summed E-state index contributed by atoms with van der Waals surface area (Å²) in [6, 6.07) is 5.82. The summed E-state index contributed by atoms with van der Waals surface area (Å²) >= 11 is 1.72. The van der Waals surface area contributed by atoms with Gasteiger partial charge in [0.2, 0.25) is 0 Å². The molecule has 0 bridgehead atoms. The average Bonchev–Trinajstić information content (AvgIpc) is 2.33. The van der Waals surface area contributed by atoms with E-state index in [1.807, 2.05) is 6.07 Å². The van der Waals surface area contributed by atoms with E-state index in [2.05, 4.69) is 17.6 Å². The van der Waals surface area contributed by atoms with Gasteiger partial charge in [-0.05, 0) is 56.7 Å². The molecule has 0 unspecified atom stereocenters. The maximum atomic E-state index is 9.92. The molecule has 0 saturated carbocycles. The molecular weight excluding hydrogens is 218 g/mol. The first-order valence-corrected chi connectivity index (χ1v) is 7.09. The van der Waals surface area contributed by atoms with Crippen LogP contribution in [-0.2, 0) is 6.42 Å². The summed E-state index contributed by atoms with van der Waals surface area (Å²) in [6.45, 7) is 2.24. The minimum atomic E-state index is 0.463. The van der Waals surface area contributed by atoms with Gasteiger partial charge in [0, 0.05) is 10.5 Å². The predicted molar refractivity (Wildman–Crippen MR) is 69.2 cm³/mol. The van der Waals surface area contributed by atoms with Crippen LogP contribution in [0.15, 0.2) is 23.1 Å². The summed E-state index contributed by atoms with van der Waals surface area (Å²) in [5.74, 6) is 1.19. The van der Waals surface area contributed by atoms with Gasteiger partial charge >= 0.3 is 0 Å². The first-order valence-electron chi connectivity index (χ1n) is 5.87. The highest BCUT2D eigenvalue weighted by atomic mass is 32.2. The van der Waals surface area contributed by atoms with Crippen molar-refractivity contribution in [2.75, 3.05) is 19.3 Å². The van der Waals surface area contributed by atoms with Gasteiger partial charge in [-0.3, -0.25) is 0 Å².